The molecular formula is C20H22O4. The van der Waals surface area contributed by atoms with Gasteiger partial charge in [-0.1, -0.05) is 24.3 Å². The molecule has 0 heterocycles. The Bertz CT molecular complexity index is 702. The number of aryl methyl sites for hydroxylation is 2. The molecule has 2 N–H and O–H groups in total. The molecule has 4 nitrogen and oxygen atoms in total. The van der Waals surface area contributed by atoms with Crippen molar-refractivity contribution in [1.29, 1.82) is 0 Å². The Morgan fingerprint density at radius 1 is 1.04 bits per heavy atom. The number of phenols is 2. The lowest BCUT2D eigenvalue weighted by Crippen LogP contribution is -1.97. The first-order valence-corrected chi connectivity index (χ1v) is 7.91. The zero-order valence-corrected chi connectivity index (χ0v) is 13.7. The molecule has 4 heteroatoms. The third-order valence-electron chi connectivity index (χ3n) is 3.74. The quantitative estimate of drug-likeness (QED) is 0.724. The summed E-state index contributed by atoms with van der Waals surface area (Å²) in [6.07, 6.45) is 6.15. The zero-order chi connectivity index (χ0) is 17.4. The average Bonchev–Trinajstić information content (AvgIpc) is 2.59. The van der Waals surface area contributed by atoms with Crippen molar-refractivity contribution >= 4 is 5.78 Å². The molecular weight excluding hydrogens is 304 g/mol. The van der Waals surface area contributed by atoms with Crippen LogP contribution in [0.3, 0.4) is 0 Å². The van der Waals surface area contributed by atoms with Crippen LogP contribution in [0, 0.1) is 0 Å². The Hall–Kier alpha value is -2.75. The molecule has 2 aromatic rings. The highest BCUT2D eigenvalue weighted by Crippen LogP contribution is 2.26. The minimum atomic E-state index is 0.0766. The van der Waals surface area contributed by atoms with E-state index >= 15 is 0 Å². The van der Waals surface area contributed by atoms with Crippen LogP contribution in [0.15, 0.2) is 54.6 Å². The predicted octanol–water partition coefficient (Wildman–Crippen LogP) is 3.80. The molecule has 0 aliphatic rings. The van der Waals surface area contributed by atoms with Crippen LogP contribution in [0.1, 0.15) is 24.0 Å². The van der Waals surface area contributed by atoms with E-state index in [-0.39, 0.29) is 17.3 Å². The molecule has 0 radical (unpaired) electrons. The van der Waals surface area contributed by atoms with Gasteiger partial charge in [-0.15, -0.1) is 0 Å². The number of hydrogen-bond donors (Lipinski definition) is 2. The molecule has 126 valence electrons. The molecule has 0 saturated heterocycles. The second kappa shape index (κ2) is 8.77. The van der Waals surface area contributed by atoms with Crippen molar-refractivity contribution < 1.29 is 19.7 Å². The first-order valence-electron chi connectivity index (χ1n) is 7.91. The highest BCUT2D eigenvalue weighted by Gasteiger charge is 2.04. The van der Waals surface area contributed by atoms with Gasteiger partial charge in [-0.05, 0) is 60.7 Å². The molecule has 0 bridgehead atoms. The molecule has 0 atom stereocenters. The smallest absolute Gasteiger partial charge is 0.160 e. The first-order chi connectivity index (χ1) is 11.6. The highest BCUT2D eigenvalue weighted by atomic mass is 16.5. The van der Waals surface area contributed by atoms with Gasteiger partial charge < -0.3 is 14.9 Å². The summed E-state index contributed by atoms with van der Waals surface area (Å²) in [5, 5.41) is 18.8. The monoisotopic (exact) mass is 326 g/mol. The van der Waals surface area contributed by atoms with Crippen molar-refractivity contribution in [2.45, 2.75) is 25.7 Å². The molecule has 0 aromatic heterocycles. The van der Waals surface area contributed by atoms with E-state index in [2.05, 4.69) is 0 Å². The fourth-order valence-corrected chi connectivity index (χ4v) is 2.36. The van der Waals surface area contributed by atoms with E-state index in [1.54, 1.807) is 36.4 Å². The van der Waals surface area contributed by atoms with Crippen LogP contribution in [-0.2, 0) is 17.6 Å². The summed E-state index contributed by atoms with van der Waals surface area (Å²) in [7, 11) is 1.50. The Morgan fingerprint density at radius 2 is 1.75 bits per heavy atom. The van der Waals surface area contributed by atoms with E-state index in [1.807, 2.05) is 18.2 Å². The number of carbonyl (C=O) groups excluding carboxylic acids is 1. The summed E-state index contributed by atoms with van der Waals surface area (Å²) >= 11 is 0. The van der Waals surface area contributed by atoms with Crippen molar-refractivity contribution in [3.8, 4) is 17.2 Å². The van der Waals surface area contributed by atoms with Crippen LogP contribution < -0.4 is 4.74 Å². The molecule has 0 amide bonds. The minimum absolute atomic E-state index is 0.0766. The summed E-state index contributed by atoms with van der Waals surface area (Å²) in [4.78, 5) is 11.9. The van der Waals surface area contributed by atoms with E-state index in [0.717, 1.165) is 24.0 Å². The van der Waals surface area contributed by atoms with Crippen molar-refractivity contribution in [2.24, 2.45) is 0 Å². The van der Waals surface area contributed by atoms with Gasteiger partial charge in [0.05, 0.1) is 7.11 Å². The fourth-order valence-electron chi connectivity index (χ4n) is 2.36. The van der Waals surface area contributed by atoms with E-state index < -0.39 is 0 Å². The van der Waals surface area contributed by atoms with Crippen LogP contribution in [0.25, 0.3) is 0 Å². The van der Waals surface area contributed by atoms with Gasteiger partial charge >= 0.3 is 0 Å². The van der Waals surface area contributed by atoms with Crippen molar-refractivity contribution in [3.05, 3.63) is 65.7 Å². The topological polar surface area (TPSA) is 66.8 Å². The van der Waals surface area contributed by atoms with Crippen LogP contribution in [0.2, 0.25) is 0 Å². The van der Waals surface area contributed by atoms with Gasteiger partial charge in [0.2, 0.25) is 0 Å². The van der Waals surface area contributed by atoms with Crippen molar-refractivity contribution in [2.75, 3.05) is 7.11 Å². The lowest BCUT2D eigenvalue weighted by atomic mass is 10.1. The molecule has 0 unspecified atom stereocenters. The number of methoxy groups -OCH3 is 1. The van der Waals surface area contributed by atoms with Crippen LogP contribution in [0.4, 0.5) is 0 Å². The summed E-state index contributed by atoms with van der Waals surface area (Å²) in [6.45, 7) is 0. The van der Waals surface area contributed by atoms with Gasteiger partial charge in [-0.25, -0.2) is 0 Å². The number of carbonyl (C=O) groups is 1. The molecule has 0 fully saturated rings. The van der Waals surface area contributed by atoms with E-state index in [9.17, 15) is 15.0 Å². The normalized spacial score (nSPS) is 10.9. The minimum Gasteiger partial charge on any atom is -0.508 e. The van der Waals surface area contributed by atoms with E-state index in [1.165, 1.54) is 7.11 Å². The Kier molecular flexibility index (Phi) is 6.43. The first kappa shape index (κ1) is 17.6. The molecule has 0 spiro atoms. The Balaban J connectivity index is 1.75. The number of ether oxygens (including phenoxy) is 1. The SMILES string of the molecule is COc1cc(CCC(=O)/C=C/CCc2ccc(O)cc2)ccc1O. The maximum Gasteiger partial charge on any atom is 0.160 e. The van der Waals surface area contributed by atoms with Gasteiger partial charge in [0, 0.05) is 6.42 Å². The van der Waals surface area contributed by atoms with Crippen LogP contribution in [-0.4, -0.2) is 23.1 Å². The van der Waals surface area contributed by atoms with E-state index in [4.69, 9.17) is 4.74 Å². The lowest BCUT2D eigenvalue weighted by Gasteiger charge is -2.05. The number of benzene rings is 2. The van der Waals surface area contributed by atoms with Crippen LogP contribution >= 0.6 is 0 Å². The second-order valence-electron chi connectivity index (χ2n) is 5.58. The standard InChI is InChI=1S/C20H22O4/c1-24-20-14-16(9-13-19(20)23)8-12-17(21)5-3-2-4-15-6-10-18(22)11-7-15/h3,5-7,9-11,13-14,22-23H,2,4,8,12H2,1H3/b5-3+. The van der Waals surface area contributed by atoms with Gasteiger partial charge in [0.25, 0.3) is 0 Å². The third-order valence-corrected chi connectivity index (χ3v) is 3.74. The molecule has 2 rings (SSSR count). The average molecular weight is 326 g/mol. The fraction of sp³-hybridized carbons (Fsp3) is 0.250. The maximum atomic E-state index is 11.9. The molecule has 0 aliphatic carbocycles. The number of ketones is 1. The number of rotatable bonds is 8. The van der Waals surface area contributed by atoms with Gasteiger partial charge in [-0.3, -0.25) is 4.79 Å². The number of hydrogen-bond acceptors (Lipinski definition) is 4. The molecule has 24 heavy (non-hydrogen) atoms. The molecule has 0 aliphatic heterocycles. The van der Waals surface area contributed by atoms with Crippen molar-refractivity contribution in [1.82, 2.24) is 0 Å². The largest absolute Gasteiger partial charge is 0.508 e. The predicted molar refractivity (Wildman–Crippen MR) is 93.6 cm³/mol. The Morgan fingerprint density at radius 3 is 2.46 bits per heavy atom. The van der Waals surface area contributed by atoms with Gasteiger partial charge in [-0.2, -0.15) is 0 Å². The molecule has 0 saturated carbocycles. The van der Waals surface area contributed by atoms with Crippen molar-refractivity contribution in [3.63, 3.8) is 0 Å². The summed E-state index contributed by atoms with van der Waals surface area (Å²) in [5.74, 6) is 0.856. The zero-order valence-electron chi connectivity index (χ0n) is 13.7. The summed E-state index contributed by atoms with van der Waals surface area (Å²) < 4.78 is 5.06. The Labute approximate surface area is 142 Å². The van der Waals surface area contributed by atoms with Gasteiger partial charge in [0.15, 0.2) is 17.3 Å². The maximum absolute atomic E-state index is 11.9. The highest BCUT2D eigenvalue weighted by molar-refractivity contribution is 5.89. The summed E-state index contributed by atoms with van der Waals surface area (Å²) in [6, 6.07) is 12.2. The second-order valence-corrected chi connectivity index (χ2v) is 5.58. The third kappa shape index (κ3) is 5.47. The van der Waals surface area contributed by atoms with Crippen LogP contribution in [0.5, 0.6) is 17.2 Å². The number of aromatic hydroxyl groups is 2. The van der Waals surface area contributed by atoms with Gasteiger partial charge in [0.1, 0.15) is 5.75 Å². The summed E-state index contributed by atoms with van der Waals surface area (Å²) in [5.41, 5.74) is 2.08. The number of phenolic OH excluding ortho intramolecular Hbond substituents is 2. The number of allylic oxidation sites excluding steroid dienone is 2. The van der Waals surface area contributed by atoms with E-state index in [0.29, 0.717) is 18.6 Å². The lowest BCUT2D eigenvalue weighted by molar-refractivity contribution is -0.114. The molecule has 2 aromatic carbocycles.